The highest BCUT2D eigenvalue weighted by atomic mass is 79.9. The van der Waals surface area contributed by atoms with E-state index in [1.165, 1.54) is 0 Å². The van der Waals surface area contributed by atoms with E-state index in [0.29, 0.717) is 6.42 Å². The summed E-state index contributed by atoms with van der Waals surface area (Å²) in [6, 6.07) is 5.66. The Morgan fingerprint density at radius 1 is 1.47 bits per heavy atom. The lowest BCUT2D eigenvalue weighted by Crippen LogP contribution is -2.03. The first-order valence-corrected chi connectivity index (χ1v) is 6.12. The number of Topliss-reactive ketones (excluding diaryl/α,β-unsaturated/α-hetero) is 1. The quantitative estimate of drug-likeness (QED) is 0.816. The van der Waals surface area contributed by atoms with Gasteiger partial charge < -0.3 is 0 Å². The summed E-state index contributed by atoms with van der Waals surface area (Å²) in [6.45, 7) is 1.98. The number of hydrogen-bond acceptors (Lipinski definition) is 2. The van der Waals surface area contributed by atoms with Gasteiger partial charge in [0.05, 0.1) is 6.20 Å². The van der Waals surface area contributed by atoms with Gasteiger partial charge >= 0.3 is 0 Å². The first-order valence-electron chi connectivity index (χ1n) is 5.33. The van der Waals surface area contributed by atoms with Crippen LogP contribution in [0.15, 0.2) is 35.1 Å². The number of rotatable bonds is 3. The lowest BCUT2D eigenvalue weighted by Gasteiger charge is -2.02. The summed E-state index contributed by atoms with van der Waals surface area (Å²) < 4.78 is 2.73. The molecular weight excluding hydrogens is 280 g/mol. The third-order valence-corrected chi connectivity index (χ3v) is 3.49. The van der Waals surface area contributed by atoms with E-state index in [4.69, 9.17) is 0 Å². The molecular formula is C13H13BrN2O. The van der Waals surface area contributed by atoms with Gasteiger partial charge in [-0.15, -0.1) is 0 Å². The molecule has 0 saturated heterocycles. The van der Waals surface area contributed by atoms with Crippen LogP contribution in [0.5, 0.6) is 0 Å². The summed E-state index contributed by atoms with van der Waals surface area (Å²) in [4.78, 5) is 12.0. The first kappa shape index (κ1) is 12.0. The molecule has 0 unspecified atom stereocenters. The number of carbonyl (C=O) groups excluding carboxylic acids is 1. The van der Waals surface area contributed by atoms with E-state index >= 15 is 0 Å². The average Bonchev–Trinajstić information content (AvgIpc) is 2.68. The minimum atomic E-state index is 0.119. The van der Waals surface area contributed by atoms with E-state index in [-0.39, 0.29) is 5.78 Å². The van der Waals surface area contributed by atoms with Crippen LogP contribution in [0, 0.1) is 6.92 Å². The molecule has 4 heteroatoms. The van der Waals surface area contributed by atoms with Crippen molar-refractivity contribution in [1.82, 2.24) is 9.78 Å². The lowest BCUT2D eigenvalue weighted by atomic mass is 10.0. The van der Waals surface area contributed by atoms with E-state index < -0.39 is 0 Å². The van der Waals surface area contributed by atoms with Gasteiger partial charge in [0.2, 0.25) is 0 Å². The number of aryl methyl sites for hydroxylation is 2. The van der Waals surface area contributed by atoms with Gasteiger partial charge in [0.25, 0.3) is 0 Å². The summed E-state index contributed by atoms with van der Waals surface area (Å²) in [5.41, 5.74) is 2.76. The topological polar surface area (TPSA) is 34.9 Å². The number of ketones is 1. The number of hydrogen-bond donors (Lipinski definition) is 0. The number of benzene rings is 1. The van der Waals surface area contributed by atoms with Crippen LogP contribution in [0.25, 0.3) is 0 Å². The summed E-state index contributed by atoms with van der Waals surface area (Å²) >= 11 is 3.42. The maximum Gasteiger partial charge on any atom is 0.167 e. The zero-order valence-electron chi connectivity index (χ0n) is 9.77. The molecule has 0 N–H and O–H groups in total. The summed E-state index contributed by atoms with van der Waals surface area (Å²) in [5, 5.41) is 4.05. The van der Waals surface area contributed by atoms with E-state index in [0.717, 1.165) is 21.2 Å². The molecule has 17 heavy (non-hydrogen) atoms. The monoisotopic (exact) mass is 292 g/mol. The van der Waals surface area contributed by atoms with Gasteiger partial charge in [-0.2, -0.15) is 5.10 Å². The van der Waals surface area contributed by atoms with E-state index in [2.05, 4.69) is 21.0 Å². The third kappa shape index (κ3) is 2.82. The van der Waals surface area contributed by atoms with Crippen molar-refractivity contribution in [3.05, 3.63) is 51.8 Å². The van der Waals surface area contributed by atoms with Crippen LogP contribution >= 0.6 is 15.9 Å². The van der Waals surface area contributed by atoms with Crippen LogP contribution < -0.4 is 0 Å². The van der Waals surface area contributed by atoms with Crippen molar-refractivity contribution in [2.45, 2.75) is 13.3 Å². The molecule has 0 radical (unpaired) electrons. The minimum absolute atomic E-state index is 0.119. The highest BCUT2D eigenvalue weighted by molar-refractivity contribution is 9.10. The molecule has 0 spiro atoms. The van der Waals surface area contributed by atoms with E-state index in [9.17, 15) is 4.79 Å². The fourth-order valence-electron chi connectivity index (χ4n) is 1.67. The zero-order valence-corrected chi connectivity index (χ0v) is 11.4. The van der Waals surface area contributed by atoms with Crippen molar-refractivity contribution in [3.8, 4) is 0 Å². The fourth-order valence-corrected chi connectivity index (χ4v) is 1.92. The molecule has 0 bridgehead atoms. The van der Waals surface area contributed by atoms with Crippen LogP contribution in [0.1, 0.15) is 21.5 Å². The van der Waals surface area contributed by atoms with E-state index in [1.54, 1.807) is 10.9 Å². The number of halogens is 1. The van der Waals surface area contributed by atoms with Gasteiger partial charge in [0.1, 0.15) is 0 Å². The van der Waals surface area contributed by atoms with Crippen molar-refractivity contribution in [2.24, 2.45) is 7.05 Å². The number of nitrogens with zero attached hydrogens (tertiary/aromatic N) is 2. The Labute approximate surface area is 109 Å². The summed E-state index contributed by atoms with van der Waals surface area (Å²) in [6.07, 6.45) is 3.99. The van der Waals surface area contributed by atoms with Crippen LogP contribution in [0.3, 0.4) is 0 Å². The Kier molecular flexibility index (Phi) is 3.43. The molecule has 2 rings (SSSR count). The summed E-state index contributed by atoms with van der Waals surface area (Å²) in [7, 11) is 1.84. The summed E-state index contributed by atoms with van der Waals surface area (Å²) in [5.74, 6) is 0.119. The van der Waals surface area contributed by atoms with Crippen molar-refractivity contribution in [1.29, 1.82) is 0 Å². The van der Waals surface area contributed by atoms with Gasteiger partial charge in [-0.05, 0) is 30.2 Å². The van der Waals surface area contributed by atoms with Crippen LogP contribution in [-0.2, 0) is 13.5 Å². The van der Waals surface area contributed by atoms with Gasteiger partial charge in [-0.1, -0.05) is 22.0 Å². The average molecular weight is 293 g/mol. The SMILES string of the molecule is Cc1cc(C(=O)Cc2cnn(C)c2)ccc1Br. The van der Waals surface area contributed by atoms with Crippen LogP contribution in [0.2, 0.25) is 0 Å². The Morgan fingerprint density at radius 2 is 2.24 bits per heavy atom. The van der Waals surface area contributed by atoms with Gasteiger partial charge in [0.15, 0.2) is 5.78 Å². The Morgan fingerprint density at radius 3 is 2.82 bits per heavy atom. The number of carbonyl (C=O) groups is 1. The van der Waals surface area contributed by atoms with Crippen molar-refractivity contribution in [2.75, 3.05) is 0 Å². The predicted molar refractivity (Wildman–Crippen MR) is 70.1 cm³/mol. The molecule has 1 heterocycles. The molecule has 88 valence electrons. The standard InChI is InChI=1S/C13H13BrN2O/c1-9-5-11(3-4-12(9)14)13(17)6-10-7-15-16(2)8-10/h3-5,7-8H,6H2,1-2H3. The van der Waals surface area contributed by atoms with E-state index in [1.807, 2.05) is 38.4 Å². The maximum atomic E-state index is 12.0. The molecule has 0 amide bonds. The van der Waals surface area contributed by atoms with Gasteiger partial charge in [-0.25, -0.2) is 0 Å². The Balaban J connectivity index is 2.17. The highest BCUT2D eigenvalue weighted by Crippen LogP contribution is 2.18. The van der Waals surface area contributed by atoms with Crippen LogP contribution in [0.4, 0.5) is 0 Å². The third-order valence-electron chi connectivity index (χ3n) is 2.60. The lowest BCUT2D eigenvalue weighted by molar-refractivity contribution is 0.0993. The predicted octanol–water partition coefficient (Wildman–Crippen LogP) is 2.92. The number of aromatic nitrogens is 2. The molecule has 0 saturated carbocycles. The van der Waals surface area contributed by atoms with Crippen molar-refractivity contribution in [3.63, 3.8) is 0 Å². The minimum Gasteiger partial charge on any atom is -0.294 e. The fraction of sp³-hybridized carbons (Fsp3) is 0.231. The van der Waals surface area contributed by atoms with Crippen molar-refractivity contribution < 1.29 is 4.79 Å². The molecule has 0 aliphatic rings. The second-order valence-corrected chi connectivity index (χ2v) is 4.94. The maximum absolute atomic E-state index is 12.0. The van der Waals surface area contributed by atoms with Gasteiger partial charge in [0, 0.05) is 29.7 Å². The normalized spacial score (nSPS) is 10.5. The second-order valence-electron chi connectivity index (χ2n) is 4.09. The smallest absolute Gasteiger partial charge is 0.167 e. The molecule has 0 fully saturated rings. The van der Waals surface area contributed by atoms with Gasteiger partial charge in [-0.3, -0.25) is 9.48 Å². The first-order chi connectivity index (χ1) is 8.06. The largest absolute Gasteiger partial charge is 0.294 e. The zero-order chi connectivity index (χ0) is 12.4. The molecule has 3 nitrogen and oxygen atoms in total. The molecule has 0 atom stereocenters. The molecule has 0 aliphatic carbocycles. The molecule has 1 aromatic heterocycles. The van der Waals surface area contributed by atoms with Crippen molar-refractivity contribution >= 4 is 21.7 Å². The molecule has 0 aliphatic heterocycles. The highest BCUT2D eigenvalue weighted by Gasteiger charge is 2.09. The molecule has 2 aromatic rings. The van der Waals surface area contributed by atoms with Crippen LogP contribution in [-0.4, -0.2) is 15.6 Å². The molecule has 1 aromatic carbocycles. The Bertz CT molecular complexity index is 560. The Hall–Kier alpha value is -1.42. The second kappa shape index (κ2) is 4.84.